The number of anilines is 1. The van der Waals surface area contributed by atoms with Gasteiger partial charge in [0, 0.05) is 12.6 Å². The molecule has 0 saturated heterocycles. The second-order valence-corrected chi connectivity index (χ2v) is 4.25. The van der Waals surface area contributed by atoms with Gasteiger partial charge in [0.15, 0.2) is 0 Å². The van der Waals surface area contributed by atoms with Gasteiger partial charge >= 0.3 is 5.97 Å². The van der Waals surface area contributed by atoms with E-state index in [0.717, 1.165) is 6.08 Å². The van der Waals surface area contributed by atoms with Crippen molar-refractivity contribution in [1.82, 2.24) is 5.32 Å². The van der Waals surface area contributed by atoms with Gasteiger partial charge in [-0.25, -0.2) is 4.79 Å². The Kier molecular flexibility index (Phi) is 7.41. The van der Waals surface area contributed by atoms with Crippen LogP contribution in [-0.4, -0.2) is 51.5 Å². The molecule has 8 nitrogen and oxygen atoms in total. The summed E-state index contributed by atoms with van der Waals surface area (Å²) in [5.74, 6) is -0.277. The Balaban J connectivity index is 3.11. The van der Waals surface area contributed by atoms with Gasteiger partial charge in [-0.2, -0.15) is 0 Å². The van der Waals surface area contributed by atoms with Crippen molar-refractivity contribution >= 4 is 17.6 Å². The first-order valence-electron chi connectivity index (χ1n) is 6.73. The highest BCUT2D eigenvalue weighted by molar-refractivity contribution is 6.02. The molecule has 3 N–H and O–H groups in total. The number of carbonyl (C=O) groups is 2. The summed E-state index contributed by atoms with van der Waals surface area (Å²) in [6.07, 6.45) is 1.01. The van der Waals surface area contributed by atoms with E-state index < -0.39 is 11.9 Å². The first-order chi connectivity index (χ1) is 11.0. The van der Waals surface area contributed by atoms with Crippen LogP contribution in [0.3, 0.4) is 0 Å². The van der Waals surface area contributed by atoms with Crippen LogP contribution in [0.4, 0.5) is 5.69 Å². The Morgan fingerprint density at radius 1 is 1.22 bits per heavy atom. The van der Waals surface area contributed by atoms with E-state index in [1.165, 1.54) is 21.3 Å². The van der Waals surface area contributed by atoms with Gasteiger partial charge < -0.3 is 30.0 Å². The molecule has 1 aromatic rings. The second-order valence-electron chi connectivity index (χ2n) is 4.25. The zero-order valence-corrected chi connectivity index (χ0v) is 13.2. The zero-order chi connectivity index (χ0) is 17.2. The van der Waals surface area contributed by atoms with Gasteiger partial charge in [0.2, 0.25) is 0 Å². The van der Waals surface area contributed by atoms with Gasteiger partial charge in [-0.15, -0.1) is 0 Å². The number of carbonyl (C=O) groups excluding carboxylic acids is 2. The van der Waals surface area contributed by atoms with Gasteiger partial charge in [-0.3, -0.25) is 4.79 Å². The molecule has 0 atom stereocenters. The number of rotatable bonds is 8. The van der Waals surface area contributed by atoms with Crippen molar-refractivity contribution in [1.29, 1.82) is 0 Å². The Morgan fingerprint density at radius 2 is 1.96 bits per heavy atom. The molecule has 0 spiro atoms. The lowest BCUT2D eigenvalue weighted by atomic mass is 10.2. The van der Waals surface area contributed by atoms with E-state index in [-0.39, 0.29) is 18.8 Å². The average Bonchev–Trinajstić information content (AvgIpc) is 2.58. The molecule has 1 aromatic carbocycles. The average molecular weight is 324 g/mol. The Labute approximate surface area is 134 Å². The molecule has 0 bridgehead atoms. The fourth-order valence-electron chi connectivity index (χ4n) is 1.66. The molecule has 126 valence electrons. The highest BCUT2D eigenvalue weighted by Crippen LogP contribution is 2.29. The number of hydrogen-bond donors (Lipinski definition) is 3. The zero-order valence-electron chi connectivity index (χ0n) is 13.2. The molecule has 0 radical (unpaired) electrons. The van der Waals surface area contributed by atoms with Crippen LogP contribution >= 0.6 is 0 Å². The minimum Gasteiger partial charge on any atom is -0.497 e. The molecule has 0 unspecified atom stereocenters. The number of aliphatic hydroxyl groups excluding tert-OH is 1. The minimum atomic E-state index is -0.700. The summed E-state index contributed by atoms with van der Waals surface area (Å²) in [4.78, 5) is 23.5. The van der Waals surface area contributed by atoms with Crippen LogP contribution in [0.25, 0.3) is 0 Å². The van der Waals surface area contributed by atoms with Gasteiger partial charge in [-0.05, 0) is 12.1 Å². The highest BCUT2D eigenvalue weighted by atomic mass is 16.5. The second kappa shape index (κ2) is 9.31. The standard InChI is InChI=1S/C15H20N2O6/c1-21-10-4-5-13(22-2)11(8-10)17-12(9-14(19)23-3)15(20)16-6-7-18/h4-5,8-9,17-18H,6-7H2,1-3H3,(H,16,20)/b12-9-. The summed E-state index contributed by atoms with van der Waals surface area (Å²) in [6, 6.07) is 4.96. The SMILES string of the molecule is COC(=O)/C=C(\Nc1cc(OC)ccc1OC)C(=O)NCCO. The summed E-state index contributed by atoms with van der Waals surface area (Å²) < 4.78 is 14.9. The van der Waals surface area contributed by atoms with E-state index in [1.54, 1.807) is 18.2 Å². The predicted octanol–water partition coefficient (Wildman–Crippen LogP) is 0.281. The number of ether oxygens (including phenoxy) is 3. The molecule has 0 aromatic heterocycles. The lowest BCUT2D eigenvalue weighted by molar-refractivity contribution is -0.135. The van der Waals surface area contributed by atoms with Crippen molar-refractivity contribution in [2.75, 3.05) is 39.8 Å². The van der Waals surface area contributed by atoms with Crippen LogP contribution in [0.1, 0.15) is 0 Å². The molecule has 23 heavy (non-hydrogen) atoms. The van der Waals surface area contributed by atoms with Gasteiger partial charge in [0.05, 0.1) is 39.7 Å². The van der Waals surface area contributed by atoms with Gasteiger partial charge in [0.1, 0.15) is 17.2 Å². The maximum Gasteiger partial charge on any atom is 0.332 e. The number of nitrogens with one attached hydrogen (secondary N) is 2. The number of esters is 1. The van der Waals surface area contributed by atoms with E-state index in [9.17, 15) is 9.59 Å². The third kappa shape index (κ3) is 5.51. The molecule has 0 saturated carbocycles. The van der Waals surface area contributed by atoms with Crippen molar-refractivity contribution in [3.63, 3.8) is 0 Å². The minimum absolute atomic E-state index is 0.0499. The van der Waals surface area contributed by atoms with Crippen molar-refractivity contribution in [3.05, 3.63) is 30.0 Å². The molecule has 0 fully saturated rings. The lowest BCUT2D eigenvalue weighted by Gasteiger charge is -2.15. The van der Waals surface area contributed by atoms with Gasteiger partial charge in [0.25, 0.3) is 5.91 Å². The molecule has 0 aliphatic heterocycles. The van der Waals surface area contributed by atoms with Crippen LogP contribution in [0.5, 0.6) is 11.5 Å². The molecule has 0 heterocycles. The predicted molar refractivity (Wildman–Crippen MR) is 83.4 cm³/mol. The van der Waals surface area contributed by atoms with E-state index >= 15 is 0 Å². The number of benzene rings is 1. The molecule has 1 amide bonds. The number of aliphatic hydroxyl groups is 1. The third-order valence-corrected chi connectivity index (χ3v) is 2.78. The van der Waals surface area contributed by atoms with Crippen molar-refractivity contribution in [3.8, 4) is 11.5 Å². The monoisotopic (exact) mass is 324 g/mol. The van der Waals surface area contributed by atoms with Crippen molar-refractivity contribution in [2.24, 2.45) is 0 Å². The first-order valence-corrected chi connectivity index (χ1v) is 6.73. The Hall–Kier alpha value is -2.74. The molecule has 0 aliphatic rings. The first kappa shape index (κ1) is 18.3. The summed E-state index contributed by atoms with van der Waals surface area (Å²) in [7, 11) is 4.18. The van der Waals surface area contributed by atoms with Crippen LogP contribution in [-0.2, 0) is 14.3 Å². The Morgan fingerprint density at radius 3 is 2.52 bits per heavy atom. The summed E-state index contributed by atoms with van der Waals surface area (Å²) in [5.41, 5.74) is 0.373. The summed E-state index contributed by atoms with van der Waals surface area (Å²) >= 11 is 0. The van der Waals surface area contributed by atoms with Crippen molar-refractivity contribution < 1.29 is 28.9 Å². The quantitative estimate of drug-likeness (QED) is 0.466. The van der Waals surface area contributed by atoms with Gasteiger partial charge in [-0.1, -0.05) is 0 Å². The number of hydrogen-bond acceptors (Lipinski definition) is 7. The molecule has 0 aliphatic carbocycles. The maximum atomic E-state index is 12.1. The van der Waals surface area contributed by atoms with Crippen LogP contribution in [0.2, 0.25) is 0 Å². The lowest BCUT2D eigenvalue weighted by Crippen LogP contribution is -2.31. The van der Waals surface area contributed by atoms with E-state index in [0.29, 0.717) is 17.2 Å². The van der Waals surface area contributed by atoms with Crippen molar-refractivity contribution in [2.45, 2.75) is 0 Å². The summed E-state index contributed by atoms with van der Waals surface area (Å²) in [5, 5.41) is 14.0. The molecular formula is C15H20N2O6. The van der Waals surface area contributed by atoms with Crippen LogP contribution < -0.4 is 20.1 Å². The number of amides is 1. The number of methoxy groups -OCH3 is 3. The maximum absolute atomic E-state index is 12.1. The van der Waals surface area contributed by atoms with Crippen LogP contribution in [0, 0.1) is 0 Å². The third-order valence-electron chi connectivity index (χ3n) is 2.78. The smallest absolute Gasteiger partial charge is 0.332 e. The van der Waals surface area contributed by atoms with Crippen LogP contribution in [0.15, 0.2) is 30.0 Å². The molecule has 1 rings (SSSR count). The van der Waals surface area contributed by atoms with E-state index in [1.807, 2.05) is 0 Å². The summed E-state index contributed by atoms with van der Waals surface area (Å²) in [6.45, 7) is -0.173. The Bertz CT molecular complexity index is 585. The fraction of sp³-hybridized carbons (Fsp3) is 0.333. The fourth-order valence-corrected chi connectivity index (χ4v) is 1.66. The van der Waals surface area contributed by atoms with E-state index in [2.05, 4.69) is 15.4 Å². The van der Waals surface area contributed by atoms with E-state index in [4.69, 9.17) is 14.6 Å². The topological polar surface area (TPSA) is 106 Å². The largest absolute Gasteiger partial charge is 0.497 e. The molecular weight excluding hydrogens is 304 g/mol. The highest BCUT2D eigenvalue weighted by Gasteiger charge is 2.15. The molecule has 8 heteroatoms. The normalized spacial score (nSPS) is 10.7.